The first kappa shape index (κ1) is 15.3. The first-order valence-electron chi connectivity index (χ1n) is 7.82. The Morgan fingerprint density at radius 1 is 1.30 bits per heavy atom. The van der Waals surface area contributed by atoms with Crippen molar-refractivity contribution in [2.45, 2.75) is 19.8 Å². The van der Waals surface area contributed by atoms with Crippen molar-refractivity contribution in [2.75, 3.05) is 23.8 Å². The van der Waals surface area contributed by atoms with Crippen molar-refractivity contribution in [1.82, 2.24) is 4.98 Å². The minimum absolute atomic E-state index is 0.149. The predicted molar refractivity (Wildman–Crippen MR) is 94.9 cm³/mol. The normalized spacial score (nSPS) is 13.4. The average Bonchev–Trinajstić information content (AvgIpc) is 2.55. The highest BCUT2D eigenvalue weighted by Gasteiger charge is 2.15. The maximum Gasteiger partial charge on any atom is 0.257 e. The molecule has 1 aromatic heterocycles. The number of carbonyl (C=O) groups is 1. The monoisotopic (exact) mass is 307 g/mol. The van der Waals surface area contributed by atoms with Gasteiger partial charge in [-0.05, 0) is 55.2 Å². The van der Waals surface area contributed by atoms with E-state index in [0.717, 1.165) is 29.9 Å². The van der Waals surface area contributed by atoms with E-state index in [9.17, 15) is 4.79 Å². The third-order valence-corrected chi connectivity index (χ3v) is 4.16. The second-order valence-corrected chi connectivity index (χ2v) is 6.04. The van der Waals surface area contributed by atoms with Crippen LogP contribution in [0.4, 0.5) is 11.4 Å². The number of hydrogen-bond acceptors (Lipinski definition) is 3. The van der Waals surface area contributed by atoms with E-state index in [1.54, 1.807) is 12.3 Å². The first-order valence-corrected chi connectivity index (χ1v) is 7.82. The van der Waals surface area contributed by atoms with E-state index >= 15 is 0 Å². The summed E-state index contributed by atoms with van der Waals surface area (Å²) in [6, 6.07) is 9.70. The summed E-state index contributed by atoms with van der Waals surface area (Å²) in [6.45, 7) is 6.79. The topological polar surface area (TPSA) is 45.2 Å². The number of hydrogen-bond donors (Lipinski definition) is 1. The molecule has 0 atom stereocenters. The van der Waals surface area contributed by atoms with Gasteiger partial charge >= 0.3 is 0 Å². The summed E-state index contributed by atoms with van der Waals surface area (Å²) in [7, 11) is 2.09. The van der Waals surface area contributed by atoms with Crippen molar-refractivity contribution in [1.29, 1.82) is 0 Å². The van der Waals surface area contributed by atoms with Gasteiger partial charge in [0.25, 0.3) is 5.91 Å². The van der Waals surface area contributed by atoms with Gasteiger partial charge in [0.1, 0.15) is 0 Å². The van der Waals surface area contributed by atoms with Gasteiger partial charge in [-0.2, -0.15) is 0 Å². The molecule has 0 saturated carbocycles. The SMILES string of the molecule is C=C(C)c1ccc(C(=O)Nc2ccc3c(c2)N(C)CCC3)cn1. The molecule has 1 amide bonds. The number of anilines is 2. The minimum Gasteiger partial charge on any atom is -0.374 e. The lowest BCUT2D eigenvalue weighted by molar-refractivity contribution is 0.102. The Morgan fingerprint density at radius 2 is 2.13 bits per heavy atom. The number of nitrogens with zero attached hydrogens (tertiary/aromatic N) is 2. The lowest BCUT2D eigenvalue weighted by Crippen LogP contribution is -2.24. The van der Waals surface area contributed by atoms with Gasteiger partial charge in [-0.25, -0.2) is 0 Å². The maximum atomic E-state index is 12.4. The number of allylic oxidation sites excluding steroid dienone is 1. The Kier molecular flexibility index (Phi) is 4.15. The molecule has 118 valence electrons. The number of rotatable bonds is 3. The van der Waals surface area contributed by atoms with E-state index in [0.29, 0.717) is 5.56 Å². The van der Waals surface area contributed by atoms with Crippen molar-refractivity contribution in [3.05, 3.63) is 59.9 Å². The fourth-order valence-corrected chi connectivity index (χ4v) is 2.82. The van der Waals surface area contributed by atoms with Crippen molar-refractivity contribution in [2.24, 2.45) is 0 Å². The molecule has 0 saturated heterocycles. The molecule has 4 heteroatoms. The molecule has 1 aromatic carbocycles. The smallest absolute Gasteiger partial charge is 0.257 e. The fraction of sp³-hybridized carbons (Fsp3) is 0.263. The lowest BCUT2D eigenvalue weighted by Gasteiger charge is -2.28. The van der Waals surface area contributed by atoms with Crippen LogP contribution in [0.3, 0.4) is 0 Å². The zero-order valence-electron chi connectivity index (χ0n) is 13.6. The summed E-state index contributed by atoms with van der Waals surface area (Å²) in [5.74, 6) is -0.149. The van der Waals surface area contributed by atoms with E-state index in [-0.39, 0.29) is 5.91 Å². The average molecular weight is 307 g/mol. The second kappa shape index (κ2) is 6.24. The van der Waals surface area contributed by atoms with Crippen LogP contribution >= 0.6 is 0 Å². The Labute approximate surface area is 136 Å². The van der Waals surface area contributed by atoms with Gasteiger partial charge in [0, 0.05) is 31.2 Å². The molecule has 1 N–H and O–H groups in total. The minimum atomic E-state index is -0.149. The standard InChI is InChI=1S/C19H21N3O/c1-13(2)17-9-7-15(12-20-17)19(23)21-16-8-6-14-5-4-10-22(3)18(14)11-16/h6-9,11-12H,1,4-5,10H2,2-3H3,(H,21,23). The highest BCUT2D eigenvalue weighted by atomic mass is 16.1. The van der Waals surface area contributed by atoms with Gasteiger partial charge in [0.2, 0.25) is 0 Å². The molecule has 0 radical (unpaired) electrons. The van der Waals surface area contributed by atoms with Crippen LogP contribution in [0.1, 0.15) is 35.0 Å². The first-order chi connectivity index (χ1) is 11.0. The second-order valence-electron chi connectivity index (χ2n) is 6.04. The highest BCUT2D eigenvalue weighted by molar-refractivity contribution is 6.04. The number of benzene rings is 1. The molecule has 2 heterocycles. The summed E-state index contributed by atoms with van der Waals surface area (Å²) < 4.78 is 0. The predicted octanol–water partition coefficient (Wildman–Crippen LogP) is 3.75. The van der Waals surface area contributed by atoms with E-state index in [1.807, 2.05) is 25.1 Å². The molecule has 4 nitrogen and oxygen atoms in total. The number of aromatic nitrogens is 1. The quantitative estimate of drug-likeness (QED) is 0.939. The Bertz CT molecular complexity index is 750. The molecule has 3 rings (SSSR count). The molecule has 1 aliphatic heterocycles. The molecule has 0 fully saturated rings. The van der Waals surface area contributed by atoms with Crippen LogP contribution in [0, 0.1) is 0 Å². The van der Waals surface area contributed by atoms with E-state index in [2.05, 4.69) is 34.9 Å². The van der Waals surface area contributed by atoms with Gasteiger partial charge in [0.15, 0.2) is 0 Å². The fourth-order valence-electron chi connectivity index (χ4n) is 2.82. The Morgan fingerprint density at radius 3 is 2.83 bits per heavy atom. The zero-order chi connectivity index (χ0) is 16.4. The number of pyridine rings is 1. The molecule has 23 heavy (non-hydrogen) atoms. The lowest BCUT2D eigenvalue weighted by atomic mass is 10.0. The van der Waals surface area contributed by atoms with Crippen LogP contribution in [0.25, 0.3) is 5.57 Å². The van der Waals surface area contributed by atoms with Gasteiger partial charge in [-0.15, -0.1) is 0 Å². The molecule has 0 aliphatic carbocycles. The van der Waals surface area contributed by atoms with Crippen LogP contribution in [0.15, 0.2) is 43.1 Å². The molecule has 2 aromatic rings. The van der Waals surface area contributed by atoms with Crippen molar-refractivity contribution in [3.8, 4) is 0 Å². The van der Waals surface area contributed by atoms with Crippen molar-refractivity contribution < 1.29 is 4.79 Å². The summed E-state index contributed by atoms with van der Waals surface area (Å²) >= 11 is 0. The third-order valence-electron chi connectivity index (χ3n) is 4.16. The van der Waals surface area contributed by atoms with Crippen LogP contribution < -0.4 is 10.2 Å². The van der Waals surface area contributed by atoms with Crippen LogP contribution in [0.5, 0.6) is 0 Å². The zero-order valence-corrected chi connectivity index (χ0v) is 13.6. The van der Waals surface area contributed by atoms with Crippen molar-refractivity contribution in [3.63, 3.8) is 0 Å². The molecule has 0 unspecified atom stereocenters. The van der Waals surface area contributed by atoms with Crippen LogP contribution in [0.2, 0.25) is 0 Å². The van der Waals surface area contributed by atoms with E-state index in [4.69, 9.17) is 0 Å². The maximum absolute atomic E-state index is 12.4. The molecular weight excluding hydrogens is 286 g/mol. The van der Waals surface area contributed by atoms with Crippen LogP contribution in [-0.4, -0.2) is 24.5 Å². The molecule has 1 aliphatic rings. The summed E-state index contributed by atoms with van der Waals surface area (Å²) in [5, 5.41) is 2.95. The highest BCUT2D eigenvalue weighted by Crippen LogP contribution is 2.29. The number of amides is 1. The van der Waals surface area contributed by atoms with E-state index in [1.165, 1.54) is 17.7 Å². The summed E-state index contributed by atoms with van der Waals surface area (Å²) in [6.07, 6.45) is 3.86. The molecular formula is C19H21N3O. The molecule has 0 bridgehead atoms. The van der Waals surface area contributed by atoms with Crippen molar-refractivity contribution >= 4 is 22.9 Å². The summed E-state index contributed by atoms with van der Waals surface area (Å²) in [4.78, 5) is 18.8. The Hall–Kier alpha value is -2.62. The Balaban J connectivity index is 1.77. The summed E-state index contributed by atoms with van der Waals surface area (Å²) in [5.41, 5.74) is 5.58. The van der Waals surface area contributed by atoms with Gasteiger partial charge in [0.05, 0.1) is 11.3 Å². The van der Waals surface area contributed by atoms with Gasteiger partial charge in [-0.1, -0.05) is 12.6 Å². The number of aryl methyl sites for hydroxylation is 1. The number of carbonyl (C=O) groups excluding carboxylic acids is 1. The number of fused-ring (bicyclic) bond motifs is 1. The number of nitrogens with one attached hydrogen (secondary N) is 1. The molecule has 0 spiro atoms. The van der Waals surface area contributed by atoms with E-state index < -0.39 is 0 Å². The third kappa shape index (κ3) is 3.26. The van der Waals surface area contributed by atoms with Crippen LogP contribution in [-0.2, 0) is 6.42 Å². The largest absolute Gasteiger partial charge is 0.374 e. The van der Waals surface area contributed by atoms with Gasteiger partial charge in [-0.3, -0.25) is 9.78 Å². The van der Waals surface area contributed by atoms with Gasteiger partial charge < -0.3 is 10.2 Å².